The normalized spacial score (nSPS) is 16.7. The van der Waals surface area contributed by atoms with E-state index in [2.05, 4.69) is 10.3 Å². The number of nitrogens with zero attached hydrogens (tertiary/aromatic N) is 1. The van der Waals surface area contributed by atoms with Gasteiger partial charge in [0.25, 0.3) is 0 Å². The number of nitrogens with one attached hydrogen (secondary N) is 2. The summed E-state index contributed by atoms with van der Waals surface area (Å²) in [6.07, 6.45) is 1.57. The van der Waals surface area contributed by atoms with Gasteiger partial charge in [-0.2, -0.15) is 0 Å². The molecule has 2 heterocycles. The van der Waals surface area contributed by atoms with Gasteiger partial charge in [-0.05, 0) is 51.4 Å². The maximum Gasteiger partial charge on any atom is 0.356 e. The molecule has 0 aliphatic carbocycles. The number of ether oxygens (including phenoxy) is 3. The molecule has 31 heavy (non-hydrogen) atoms. The first-order chi connectivity index (χ1) is 15.0. The van der Waals surface area contributed by atoms with Crippen LogP contribution in [0, 0.1) is 5.92 Å². The van der Waals surface area contributed by atoms with Crippen LogP contribution in [0.15, 0.2) is 18.2 Å². The summed E-state index contributed by atoms with van der Waals surface area (Å²) >= 11 is 0. The monoisotopic (exact) mass is 431 g/mol. The van der Waals surface area contributed by atoms with Crippen molar-refractivity contribution in [2.45, 2.75) is 26.7 Å². The van der Waals surface area contributed by atoms with E-state index in [4.69, 9.17) is 14.2 Å². The highest BCUT2D eigenvalue weighted by Gasteiger charge is 2.28. The standard InChI is InChI=1S/C22H29N3O6/c1-4-30-21(27)14-7-6-10-25(12-14)13-18(26)24-19-16-11-15(29-3)8-9-17(16)23-20(19)22(28)31-5-2/h8-9,11,14,23H,4-7,10,12-13H2,1-3H3,(H,24,26)/t14-/m0/s1. The fourth-order valence-electron chi connectivity index (χ4n) is 3.82. The molecule has 2 N–H and O–H groups in total. The summed E-state index contributed by atoms with van der Waals surface area (Å²) in [5, 5.41) is 3.51. The number of amides is 1. The van der Waals surface area contributed by atoms with Gasteiger partial charge in [0.1, 0.15) is 11.4 Å². The minimum atomic E-state index is -0.548. The first kappa shape index (κ1) is 22.6. The van der Waals surface area contributed by atoms with E-state index < -0.39 is 5.97 Å². The van der Waals surface area contributed by atoms with E-state index in [1.54, 1.807) is 39.2 Å². The Balaban J connectivity index is 1.78. The number of likely N-dealkylation sites (tertiary alicyclic amines) is 1. The van der Waals surface area contributed by atoms with Gasteiger partial charge in [0, 0.05) is 17.4 Å². The largest absolute Gasteiger partial charge is 0.497 e. The van der Waals surface area contributed by atoms with Gasteiger partial charge in [-0.15, -0.1) is 0 Å². The number of aromatic nitrogens is 1. The number of benzene rings is 1. The first-order valence-electron chi connectivity index (χ1n) is 10.5. The van der Waals surface area contributed by atoms with Crippen LogP contribution in [0.25, 0.3) is 10.9 Å². The second-order valence-electron chi connectivity index (χ2n) is 7.38. The Kier molecular flexibility index (Phi) is 7.51. The maximum absolute atomic E-state index is 12.8. The van der Waals surface area contributed by atoms with E-state index in [9.17, 15) is 14.4 Å². The van der Waals surface area contributed by atoms with Gasteiger partial charge in [0.15, 0.2) is 0 Å². The molecule has 1 fully saturated rings. The third-order valence-corrected chi connectivity index (χ3v) is 5.24. The number of hydrogen-bond donors (Lipinski definition) is 2. The van der Waals surface area contributed by atoms with Crippen LogP contribution in [-0.2, 0) is 19.1 Å². The van der Waals surface area contributed by atoms with Crippen LogP contribution in [0.2, 0.25) is 0 Å². The van der Waals surface area contributed by atoms with Crippen molar-refractivity contribution in [3.8, 4) is 5.75 Å². The number of fused-ring (bicyclic) bond motifs is 1. The molecule has 0 spiro atoms. The van der Waals surface area contributed by atoms with Gasteiger partial charge >= 0.3 is 11.9 Å². The number of piperidine rings is 1. The van der Waals surface area contributed by atoms with Gasteiger partial charge in [-0.1, -0.05) is 0 Å². The summed E-state index contributed by atoms with van der Waals surface area (Å²) in [6, 6.07) is 5.30. The molecule has 9 heteroatoms. The molecule has 2 aromatic rings. The van der Waals surface area contributed by atoms with E-state index in [-0.39, 0.29) is 36.6 Å². The van der Waals surface area contributed by atoms with Crippen LogP contribution >= 0.6 is 0 Å². The summed E-state index contributed by atoms with van der Waals surface area (Å²) in [4.78, 5) is 42.3. The van der Waals surface area contributed by atoms with Crippen molar-refractivity contribution < 1.29 is 28.6 Å². The molecule has 1 aliphatic heterocycles. The highest BCUT2D eigenvalue weighted by Crippen LogP contribution is 2.31. The zero-order valence-electron chi connectivity index (χ0n) is 18.2. The maximum atomic E-state index is 12.8. The van der Waals surface area contributed by atoms with Gasteiger partial charge in [-0.25, -0.2) is 4.79 Å². The summed E-state index contributed by atoms with van der Waals surface area (Å²) in [5.74, 6) is -0.673. The SMILES string of the molecule is CCOC(=O)c1[nH]c2ccc(OC)cc2c1NC(=O)CN1CCC[C@H](C(=O)OCC)C1. The lowest BCUT2D eigenvalue weighted by Crippen LogP contribution is -2.43. The fourth-order valence-corrected chi connectivity index (χ4v) is 3.82. The van der Waals surface area contributed by atoms with Crippen LogP contribution in [0.3, 0.4) is 0 Å². The molecule has 1 aromatic heterocycles. The molecule has 3 rings (SSSR count). The highest BCUT2D eigenvalue weighted by atomic mass is 16.5. The van der Waals surface area contributed by atoms with Gasteiger partial charge in [0.05, 0.1) is 38.5 Å². The first-order valence-corrected chi connectivity index (χ1v) is 10.5. The fraction of sp³-hybridized carbons (Fsp3) is 0.500. The summed E-state index contributed by atoms with van der Waals surface area (Å²) < 4.78 is 15.5. The van der Waals surface area contributed by atoms with Crippen LogP contribution in [0.5, 0.6) is 5.75 Å². The third kappa shape index (κ3) is 5.35. The van der Waals surface area contributed by atoms with Crippen molar-refractivity contribution in [2.24, 2.45) is 5.92 Å². The Morgan fingerprint density at radius 3 is 2.68 bits per heavy atom. The zero-order valence-corrected chi connectivity index (χ0v) is 18.2. The Bertz CT molecular complexity index is 954. The topological polar surface area (TPSA) is 110 Å². The third-order valence-electron chi connectivity index (χ3n) is 5.24. The number of rotatable bonds is 8. The number of esters is 2. The van der Waals surface area contributed by atoms with Gasteiger partial charge in [-0.3, -0.25) is 14.5 Å². The molecule has 1 aliphatic rings. The molecule has 0 saturated carbocycles. The average Bonchev–Trinajstić information content (AvgIpc) is 3.11. The number of H-pyrrole nitrogens is 1. The smallest absolute Gasteiger partial charge is 0.356 e. The summed E-state index contributed by atoms with van der Waals surface area (Å²) in [6.45, 7) is 5.36. The van der Waals surface area contributed by atoms with E-state index in [0.717, 1.165) is 19.4 Å². The molecule has 1 saturated heterocycles. The Morgan fingerprint density at radius 1 is 1.19 bits per heavy atom. The van der Waals surface area contributed by atoms with Crippen molar-refractivity contribution in [1.82, 2.24) is 9.88 Å². The van der Waals surface area contributed by atoms with Crippen molar-refractivity contribution >= 4 is 34.4 Å². The summed E-state index contributed by atoms with van der Waals surface area (Å²) in [5.41, 5.74) is 1.22. The lowest BCUT2D eigenvalue weighted by Gasteiger charge is -2.30. The molecular weight excluding hydrogens is 402 g/mol. The lowest BCUT2D eigenvalue weighted by molar-refractivity contribution is -0.150. The molecule has 0 unspecified atom stereocenters. The molecule has 1 amide bonds. The molecule has 0 radical (unpaired) electrons. The molecule has 1 atom stereocenters. The number of carbonyl (C=O) groups is 3. The van der Waals surface area contributed by atoms with Gasteiger partial charge in [0.2, 0.25) is 5.91 Å². The minimum absolute atomic E-state index is 0.106. The van der Waals surface area contributed by atoms with E-state index >= 15 is 0 Å². The van der Waals surface area contributed by atoms with Crippen molar-refractivity contribution in [3.05, 3.63) is 23.9 Å². The summed E-state index contributed by atoms with van der Waals surface area (Å²) in [7, 11) is 1.55. The van der Waals surface area contributed by atoms with E-state index in [0.29, 0.717) is 35.5 Å². The predicted octanol–water partition coefficient (Wildman–Crippen LogP) is 2.57. The van der Waals surface area contributed by atoms with Crippen molar-refractivity contribution in [2.75, 3.05) is 45.3 Å². The molecule has 1 aromatic carbocycles. The number of carbonyl (C=O) groups excluding carboxylic acids is 3. The molecule has 9 nitrogen and oxygen atoms in total. The number of anilines is 1. The van der Waals surface area contributed by atoms with Crippen LogP contribution < -0.4 is 10.1 Å². The quantitative estimate of drug-likeness (QED) is 0.618. The van der Waals surface area contributed by atoms with Crippen LogP contribution in [-0.4, -0.2) is 67.7 Å². The predicted molar refractivity (Wildman–Crippen MR) is 115 cm³/mol. The molecule has 168 valence electrons. The number of hydrogen-bond acceptors (Lipinski definition) is 7. The Morgan fingerprint density at radius 2 is 1.97 bits per heavy atom. The van der Waals surface area contributed by atoms with Crippen molar-refractivity contribution in [3.63, 3.8) is 0 Å². The van der Waals surface area contributed by atoms with Gasteiger partial charge < -0.3 is 24.5 Å². The molecule has 0 bridgehead atoms. The number of aromatic amines is 1. The molecular formula is C22H29N3O6. The van der Waals surface area contributed by atoms with Crippen LogP contribution in [0.4, 0.5) is 5.69 Å². The highest BCUT2D eigenvalue weighted by molar-refractivity contribution is 6.11. The zero-order chi connectivity index (χ0) is 22.4. The van der Waals surface area contributed by atoms with Crippen molar-refractivity contribution in [1.29, 1.82) is 0 Å². The number of methoxy groups -OCH3 is 1. The van der Waals surface area contributed by atoms with E-state index in [1.807, 2.05) is 4.90 Å². The Labute approximate surface area is 181 Å². The lowest BCUT2D eigenvalue weighted by atomic mass is 9.98. The Hall–Kier alpha value is -3.07. The second-order valence-corrected chi connectivity index (χ2v) is 7.38. The second kappa shape index (κ2) is 10.3. The minimum Gasteiger partial charge on any atom is -0.497 e. The van der Waals surface area contributed by atoms with E-state index in [1.165, 1.54) is 0 Å². The van der Waals surface area contributed by atoms with Crippen LogP contribution in [0.1, 0.15) is 37.2 Å². The average molecular weight is 431 g/mol.